The van der Waals surface area contributed by atoms with Crippen molar-refractivity contribution in [1.82, 2.24) is 0 Å². The number of carbonyl (C=O) groups excluding carboxylic acids is 9. The third-order valence-electron chi connectivity index (χ3n) is 33.9. The molecule has 14 atom stereocenters. The maximum absolute atomic E-state index is 12.1. The summed E-state index contributed by atoms with van der Waals surface area (Å²) in [5.74, 6) is 10.7. The quantitative estimate of drug-likeness (QED) is 0.0410. The lowest BCUT2D eigenvalue weighted by molar-refractivity contribution is -0.217. The van der Waals surface area contributed by atoms with Gasteiger partial charge in [-0.25, -0.2) is 38.4 Å². The van der Waals surface area contributed by atoms with Crippen molar-refractivity contribution in [1.29, 1.82) is 0 Å². The van der Waals surface area contributed by atoms with Gasteiger partial charge >= 0.3 is 59.9 Å². The van der Waals surface area contributed by atoms with Gasteiger partial charge < -0.3 is 52.8 Å². The summed E-state index contributed by atoms with van der Waals surface area (Å²) < 4.78 is 82.8. The van der Waals surface area contributed by atoms with Crippen LogP contribution in [-0.2, 0) is 81.0 Å². The average Bonchev–Trinajstić information content (AvgIpc) is 1.54. The molecule has 19 saturated carbocycles. The molecule has 2 aromatic rings. The maximum atomic E-state index is 12.1. The number of benzene rings is 2. The molecule has 22 rings (SSSR count). The van der Waals surface area contributed by atoms with E-state index in [1.807, 2.05) is 13.8 Å². The number of rotatable bonds is 20. The zero-order valence-electron chi connectivity index (χ0n) is 81.7. The molecule has 0 amide bonds. The van der Waals surface area contributed by atoms with Crippen LogP contribution in [0.4, 0.5) is 13.2 Å². The van der Waals surface area contributed by atoms with E-state index in [1.54, 1.807) is 84.9 Å². The Morgan fingerprint density at radius 3 is 1.47 bits per heavy atom. The molecule has 1 heterocycles. The molecule has 20 fully saturated rings. The fourth-order valence-corrected chi connectivity index (χ4v) is 28.7. The van der Waals surface area contributed by atoms with Crippen molar-refractivity contribution >= 4 is 64.5 Å². The summed E-state index contributed by atoms with van der Waals surface area (Å²) >= 11 is 0. The van der Waals surface area contributed by atoms with E-state index in [0.29, 0.717) is 103 Å². The molecule has 0 aromatic heterocycles. The summed E-state index contributed by atoms with van der Waals surface area (Å²) in [6, 6.07) is 10.3. The number of aliphatic hydroxyl groups is 1. The molecule has 23 heteroatoms. The van der Waals surface area contributed by atoms with Gasteiger partial charge in [0.05, 0.1) is 11.5 Å². The van der Waals surface area contributed by atoms with Gasteiger partial charge in [0.25, 0.3) is 0 Å². The summed E-state index contributed by atoms with van der Waals surface area (Å²) in [6.07, 6.45) is 31.9. The van der Waals surface area contributed by atoms with E-state index in [-0.39, 0.29) is 105 Å². The second-order valence-corrected chi connectivity index (χ2v) is 45.0. The Kier molecular flexibility index (Phi) is 31.8. The van der Waals surface area contributed by atoms with E-state index in [0.717, 1.165) is 117 Å². The van der Waals surface area contributed by atoms with Crippen LogP contribution in [0.25, 0.3) is 10.8 Å². The first-order valence-corrected chi connectivity index (χ1v) is 49.5. The lowest BCUT2D eigenvalue weighted by Crippen LogP contribution is -2.60. The molecule has 18 bridgehead atoms. The van der Waals surface area contributed by atoms with Gasteiger partial charge in [-0.05, 0) is 357 Å². The molecule has 19 aliphatic carbocycles. The van der Waals surface area contributed by atoms with Crippen LogP contribution in [0, 0.1) is 118 Å². The van der Waals surface area contributed by atoms with E-state index in [9.17, 15) is 66.5 Å². The number of halogens is 3. The standard InChI is InChI=1S/C18H26O2.C17H26O2.C16H24O2.C14H20O3.C14H12O3.C13H22O2.C12H14O4.C6H7F3O2/c1-4-18(20-17(19)10(2)3)9-13-8-14(18)16-12-6-5-11(7-12)15(13)16;1-11(2)15(18)19-16(3,4)17-8-12-5-13(9-17)7-14(6-12)10-17;1-4-16(18-15(17)10(2)3)13-6-11-5-12(8-13)9-14(16)7-11;1-9(2)12(15)17-14-6-10-3-11(7-14)5-13(16,4-10)8-14;1-9(2)14(16)17-13-8-4-5-10-11(13)6-3-7-12(10)15;1-10(2)12(14)15-13(3,4)11-8-6-5-7-9-11;1-5(2)11(13)15-9-6-3-7-8(4-6)12(14)16-10(7)9;1-4(2)5(10)11-3-6(7,8)9/h11-16H,2,4-9H2,1,3H3;12-14H,1,5-10H2,2-4H3;11-14H,2,4-9H2,1,3H3;10-11,16H,1,3-8H2,2H3;3-8,15H,1H2,2H3;11H,1,5-9H2,2-4H3;6-10H,1,3-4H2,2H3;1,3H2,2H3. The summed E-state index contributed by atoms with van der Waals surface area (Å²) in [7, 11) is 0. The molecular weight excluding hydrogens is 1700 g/mol. The second kappa shape index (κ2) is 41.0. The minimum Gasteiger partial charge on any atom is -0.507 e. The number of esters is 9. The first-order chi connectivity index (χ1) is 62.2. The first kappa shape index (κ1) is 103. The SMILES string of the molecule is C=C(C)C(=O)OC(C)(C)C12CC3CC(CC(C3)C1)C2.C=C(C)C(=O)OC(C)(C)C1CCCCC1.C=C(C)C(=O)OC1(CC)C2CC3CC(C2)CC1C3.C=C(C)C(=O)OC1(CC)CC2CC1C1C3CCC(C3)C21.C=C(C)C(=O)OC12CC3CC(CC(O)(C3)C1)C2.C=C(C)C(=O)OC1C2CC3C(=O)OC1C3C2.C=C(C)C(=O)OCC(F)(F)F.C=C(C)C(=O)Oc1cccc2c(O)cccc12. The zero-order valence-corrected chi connectivity index (χ0v) is 81.7. The molecule has 20 aliphatic rings. The van der Waals surface area contributed by atoms with Gasteiger partial charge in [-0.15, -0.1) is 0 Å². The molecule has 2 aromatic carbocycles. The fraction of sp³-hybridized carbons (Fsp3) is 0.682. The minimum atomic E-state index is -4.47. The van der Waals surface area contributed by atoms with Crippen LogP contribution in [0.3, 0.4) is 0 Å². The Bertz CT molecular complexity index is 4740. The van der Waals surface area contributed by atoms with Gasteiger partial charge in [-0.1, -0.05) is 110 Å². The molecule has 0 radical (unpaired) electrons. The lowest BCUT2D eigenvalue weighted by Gasteiger charge is -2.61. The van der Waals surface area contributed by atoms with Crippen LogP contribution in [0.15, 0.2) is 134 Å². The predicted octanol–water partition coefficient (Wildman–Crippen LogP) is 23.2. The Morgan fingerprint density at radius 1 is 0.474 bits per heavy atom. The number of phenols is 1. The van der Waals surface area contributed by atoms with E-state index in [4.69, 9.17) is 37.9 Å². The molecule has 0 spiro atoms. The van der Waals surface area contributed by atoms with E-state index in [1.165, 1.54) is 142 Å². The second-order valence-electron chi connectivity index (χ2n) is 45.0. The summed E-state index contributed by atoms with van der Waals surface area (Å²) in [5, 5.41) is 21.5. The zero-order chi connectivity index (χ0) is 97.5. The Hall–Kier alpha value is -8.60. The van der Waals surface area contributed by atoms with Gasteiger partial charge in [-0.3, -0.25) is 4.79 Å². The Labute approximate surface area is 787 Å². The number of aromatic hydroxyl groups is 1. The van der Waals surface area contributed by atoms with Gasteiger partial charge in [0.2, 0.25) is 0 Å². The van der Waals surface area contributed by atoms with E-state index >= 15 is 0 Å². The van der Waals surface area contributed by atoms with E-state index < -0.39 is 35.9 Å². The fourth-order valence-electron chi connectivity index (χ4n) is 28.7. The molecule has 133 heavy (non-hydrogen) atoms. The van der Waals surface area contributed by atoms with Crippen molar-refractivity contribution in [3.05, 3.63) is 134 Å². The van der Waals surface area contributed by atoms with Crippen molar-refractivity contribution < 1.29 is 109 Å². The van der Waals surface area contributed by atoms with Crippen LogP contribution in [-0.4, -0.2) is 123 Å². The van der Waals surface area contributed by atoms with Crippen molar-refractivity contribution in [2.24, 2.45) is 118 Å². The summed E-state index contributed by atoms with van der Waals surface area (Å²) in [4.78, 5) is 104. The molecular formula is C110H151F3O20. The number of alkyl halides is 3. The predicted molar refractivity (Wildman–Crippen MR) is 502 cm³/mol. The van der Waals surface area contributed by atoms with E-state index in [2.05, 4.69) is 85.1 Å². The van der Waals surface area contributed by atoms with Crippen molar-refractivity contribution in [2.45, 2.75) is 348 Å². The van der Waals surface area contributed by atoms with Gasteiger partial charge in [0.1, 0.15) is 51.7 Å². The highest BCUT2D eigenvalue weighted by atomic mass is 19.4. The summed E-state index contributed by atoms with van der Waals surface area (Å²) in [6.45, 7) is 52.9. The largest absolute Gasteiger partial charge is 0.507 e. The third-order valence-corrected chi connectivity index (χ3v) is 33.9. The average molecular weight is 1850 g/mol. The normalized spacial score (nSPS) is 35.1. The highest BCUT2D eigenvalue weighted by Crippen LogP contribution is 2.72. The molecule has 732 valence electrons. The van der Waals surface area contributed by atoms with Crippen LogP contribution < -0.4 is 4.74 Å². The van der Waals surface area contributed by atoms with Crippen molar-refractivity contribution in [2.75, 3.05) is 6.61 Å². The van der Waals surface area contributed by atoms with Gasteiger partial charge in [0, 0.05) is 84.9 Å². The molecule has 1 aliphatic heterocycles. The van der Waals surface area contributed by atoms with Crippen LogP contribution in [0.5, 0.6) is 11.5 Å². The molecule has 14 unspecified atom stereocenters. The Balaban J connectivity index is 0.000000138. The number of hydrogen-bond donors (Lipinski definition) is 2. The first-order valence-electron chi connectivity index (χ1n) is 49.5. The van der Waals surface area contributed by atoms with Crippen LogP contribution in [0.1, 0.15) is 296 Å². The molecule has 20 nitrogen and oxygen atoms in total. The van der Waals surface area contributed by atoms with Crippen LogP contribution in [0.2, 0.25) is 0 Å². The van der Waals surface area contributed by atoms with Crippen LogP contribution >= 0.6 is 0 Å². The number of phenolic OH excluding ortho intramolecular Hbond substituents is 1. The van der Waals surface area contributed by atoms with Crippen molar-refractivity contribution in [3.63, 3.8) is 0 Å². The van der Waals surface area contributed by atoms with Gasteiger partial charge in [-0.2, -0.15) is 13.2 Å². The topological polar surface area (TPSA) is 277 Å². The lowest BCUT2D eigenvalue weighted by atomic mass is 9.46. The highest BCUT2D eigenvalue weighted by Gasteiger charge is 2.69. The number of hydrogen-bond acceptors (Lipinski definition) is 20. The number of ether oxygens (including phenoxy) is 9. The number of carbonyl (C=O) groups is 9. The monoisotopic (exact) mass is 1850 g/mol. The Morgan fingerprint density at radius 2 is 0.962 bits per heavy atom. The van der Waals surface area contributed by atoms with Crippen molar-refractivity contribution in [3.8, 4) is 11.5 Å². The maximum Gasteiger partial charge on any atom is 0.422 e. The van der Waals surface area contributed by atoms with Gasteiger partial charge in [0.15, 0.2) is 6.61 Å². The number of fused-ring (bicyclic) bond motifs is 11. The molecule has 2 N–H and O–H groups in total. The molecule has 1 saturated heterocycles. The minimum absolute atomic E-state index is 0.0470. The highest BCUT2D eigenvalue weighted by molar-refractivity contribution is 5.97. The summed E-state index contributed by atoms with van der Waals surface area (Å²) in [5.41, 5.74) is 1.47. The smallest absolute Gasteiger partial charge is 0.422 e. The third kappa shape index (κ3) is 23.1.